The number of amides is 1. The van der Waals surface area contributed by atoms with E-state index in [0.717, 1.165) is 42.9 Å². The minimum absolute atomic E-state index is 0.0558. The number of carbonyl (C=O) groups is 1. The van der Waals surface area contributed by atoms with Crippen LogP contribution in [0.1, 0.15) is 35.6 Å². The molecular weight excluding hydrogens is 432 g/mol. The Morgan fingerprint density at radius 1 is 1.06 bits per heavy atom. The highest BCUT2D eigenvalue weighted by molar-refractivity contribution is 7.07. The van der Waals surface area contributed by atoms with Crippen LogP contribution in [-0.2, 0) is 21.5 Å². The summed E-state index contributed by atoms with van der Waals surface area (Å²) in [6.45, 7) is 3.81. The summed E-state index contributed by atoms with van der Waals surface area (Å²) >= 11 is 1.67. The average molecular weight is 463 g/mol. The zero-order valence-electron chi connectivity index (χ0n) is 18.7. The third-order valence-corrected chi connectivity index (χ3v) is 7.50. The van der Waals surface area contributed by atoms with E-state index < -0.39 is 0 Å². The number of nitrogens with one attached hydrogen (secondary N) is 1. The molecule has 1 aromatic heterocycles. The molecule has 0 bridgehead atoms. The molecule has 0 spiro atoms. The summed E-state index contributed by atoms with van der Waals surface area (Å²) in [5.41, 5.74) is 3.49. The average Bonchev–Trinajstić information content (AvgIpc) is 3.33. The minimum Gasteiger partial charge on any atom is -0.484 e. The van der Waals surface area contributed by atoms with Crippen molar-refractivity contribution in [3.63, 3.8) is 0 Å². The minimum atomic E-state index is -0.0844. The van der Waals surface area contributed by atoms with Crippen molar-refractivity contribution < 1.29 is 14.3 Å². The number of para-hydroxylation sites is 1. The zero-order chi connectivity index (χ0) is 22.5. The number of ether oxygens (including phenoxy) is 2. The zero-order valence-corrected chi connectivity index (χ0v) is 19.6. The third kappa shape index (κ3) is 5.13. The molecule has 1 N–H and O–H groups in total. The molecule has 1 amide bonds. The first-order valence-electron chi connectivity index (χ1n) is 11.6. The first-order chi connectivity index (χ1) is 16.2. The van der Waals surface area contributed by atoms with Crippen LogP contribution in [0.5, 0.6) is 5.75 Å². The van der Waals surface area contributed by atoms with E-state index in [1.54, 1.807) is 11.3 Å². The first-order valence-corrected chi connectivity index (χ1v) is 12.6. The van der Waals surface area contributed by atoms with Gasteiger partial charge in [-0.2, -0.15) is 11.3 Å². The number of benzene rings is 2. The Hall–Kier alpha value is -2.67. The molecule has 1 atom stereocenters. The molecule has 3 heterocycles. The summed E-state index contributed by atoms with van der Waals surface area (Å²) in [6.07, 6.45) is 1.75. The molecule has 2 aromatic carbocycles. The number of rotatable bonds is 6. The summed E-state index contributed by atoms with van der Waals surface area (Å²) in [5, 5.41) is 7.46. The molecule has 1 unspecified atom stereocenters. The second-order valence-corrected chi connectivity index (χ2v) is 9.76. The van der Waals surface area contributed by atoms with Crippen molar-refractivity contribution in [2.45, 2.75) is 30.9 Å². The molecule has 3 aromatic rings. The first kappa shape index (κ1) is 22.1. The SMILES string of the molecule is O=C(CN1Cc2ccccc2OC(c2ccsc2)C1)NCC1(c2ccccc2)CCOCC1. The van der Waals surface area contributed by atoms with Crippen molar-refractivity contribution in [3.05, 3.63) is 88.1 Å². The number of hydrogen-bond acceptors (Lipinski definition) is 5. The standard InChI is InChI=1S/C27H30N2O3S/c30-26(28-20-27(11-13-31-14-12-27)23-7-2-1-3-8-23)18-29-16-21-6-4-5-9-24(21)32-25(17-29)22-10-15-33-19-22/h1-10,15,19,25H,11-14,16-18,20H2,(H,28,30). The Morgan fingerprint density at radius 3 is 2.64 bits per heavy atom. The van der Waals surface area contributed by atoms with Crippen molar-refractivity contribution in [1.29, 1.82) is 0 Å². The van der Waals surface area contributed by atoms with Gasteiger partial charge in [-0.3, -0.25) is 9.69 Å². The lowest BCUT2D eigenvalue weighted by atomic mass is 9.74. The van der Waals surface area contributed by atoms with Gasteiger partial charge in [0.2, 0.25) is 5.91 Å². The van der Waals surface area contributed by atoms with Gasteiger partial charge in [-0.05, 0) is 41.3 Å². The van der Waals surface area contributed by atoms with Gasteiger partial charge < -0.3 is 14.8 Å². The van der Waals surface area contributed by atoms with E-state index in [9.17, 15) is 4.79 Å². The van der Waals surface area contributed by atoms with Crippen molar-refractivity contribution in [3.8, 4) is 5.75 Å². The van der Waals surface area contributed by atoms with Crippen molar-refractivity contribution in [2.24, 2.45) is 0 Å². The predicted molar refractivity (Wildman–Crippen MR) is 131 cm³/mol. The van der Waals surface area contributed by atoms with Gasteiger partial charge >= 0.3 is 0 Å². The van der Waals surface area contributed by atoms with Crippen molar-refractivity contribution in [2.75, 3.05) is 32.8 Å². The summed E-state index contributed by atoms with van der Waals surface area (Å²) in [4.78, 5) is 15.3. The molecule has 5 rings (SSSR count). The van der Waals surface area contributed by atoms with Gasteiger partial charge in [0.05, 0.1) is 6.54 Å². The smallest absolute Gasteiger partial charge is 0.234 e. The van der Waals surface area contributed by atoms with Crippen LogP contribution in [0.2, 0.25) is 0 Å². The van der Waals surface area contributed by atoms with Crippen LogP contribution in [0, 0.1) is 0 Å². The highest BCUT2D eigenvalue weighted by Crippen LogP contribution is 2.34. The molecular formula is C27H30N2O3S. The molecule has 0 aliphatic carbocycles. The molecule has 2 aliphatic rings. The second kappa shape index (κ2) is 10.1. The maximum absolute atomic E-state index is 13.1. The summed E-state index contributed by atoms with van der Waals surface area (Å²) in [7, 11) is 0. The fourth-order valence-electron chi connectivity index (χ4n) is 4.88. The number of nitrogens with zero attached hydrogens (tertiary/aromatic N) is 1. The molecule has 1 saturated heterocycles. The Labute approximate surface area is 199 Å². The number of hydrogen-bond donors (Lipinski definition) is 1. The molecule has 5 nitrogen and oxygen atoms in total. The molecule has 0 saturated carbocycles. The van der Waals surface area contributed by atoms with Crippen LogP contribution in [0.15, 0.2) is 71.4 Å². The van der Waals surface area contributed by atoms with Crippen LogP contribution in [-0.4, -0.2) is 43.7 Å². The summed E-state index contributed by atoms with van der Waals surface area (Å²) < 4.78 is 12.0. The Bertz CT molecular complexity index is 1050. The van der Waals surface area contributed by atoms with Crippen LogP contribution >= 0.6 is 11.3 Å². The lowest BCUT2D eigenvalue weighted by Gasteiger charge is -2.38. The van der Waals surface area contributed by atoms with Gasteiger partial charge in [-0.1, -0.05) is 48.5 Å². The Kier molecular flexibility index (Phi) is 6.76. The van der Waals surface area contributed by atoms with E-state index in [1.165, 1.54) is 5.56 Å². The highest BCUT2D eigenvalue weighted by Gasteiger charge is 2.35. The van der Waals surface area contributed by atoms with Crippen molar-refractivity contribution >= 4 is 17.2 Å². The molecule has 1 fully saturated rings. The van der Waals surface area contributed by atoms with E-state index in [2.05, 4.69) is 57.4 Å². The van der Waals surface area contributed by atoms with Crippen LogP contribution in [0.25, 0.3) is 0 Å². The van der Waals surface area contributed by atoms with E-state index >= 15 is 0 Å². The van der Waals surface area contributed by atoms with Gasteiger partial charge in [-0.15, -0.1) is 0 Å². The van der Waals surface area contributed by atoms with E-state index in [-0.39, 0.29) is 17.4 Å². The van der Waals surface area contributed by atoms with Gasteiger partial charge in [-0.25, -0.2) is 0 Å². The lowest BCUT2D eigenvalue weighted by Crippen LogP contribution is -2.47. The van der Waals surface area contributed by atoms with Crippen molar-refractivity contribution in [1.82, 2.24) is 10.2 Å². The fourth-order valence-corrected chi connectivity index (χ4v) is 5.58. The van der Waals surface area contributed by atoms with Crippen LogP contribution in [0.4, 0.5) is 0 Å². The number of thiophene rings is 1. The topological polar surface area (TPSA) is 50.8 Å². The van der Waals surface area contributed by atoms with Gasteiger partial charge in [0.25, 0.3) is 0 Å². The highest BCUT2D eigenvalue weighted by atomic mass is 32.1. The molecule has 0 radical (unpaired) electrons. The van der Waals surface area contributed by atoms with Gasteiger partial charge in [0, 0.05) is 49.4 Å². The van der Waals surface area contributed by atoms with Crippen LogP contribution < -0.4 is 10.1 Å². The number of carbonyl (C=O) groups excluding carboxylic acids is 1. The largest absolute Gasteiger partial charge is 0.484 e. The Morgan fingerprint density at radius 2 is 1.85 bits per heavy atom. The maximum Gasteiger partial charge on any atom is 0.234 e. The molecule has 2 aliphatic heterocycles. The third-order valence-electron chi connectivity index (χ3n) is 6.80. The molecule has 6 heteroatoms. The van der Waals surface area contributed by atoms with E-state index in [1.807, 2.05) is 24.3 Å². The normalized spacial score (nSPS) is 20.3. The lowest BCUT2D eigenvalue weighted by molar-refractivity contribution is -0.123. The summed E-state index contributed by atoms with van der Waals surface area (Å²) in [5.74, 6) is 0.960. The fraction of sp³-hybridized carbons (Fsp3) is 0.370. The monoisotopic (exact) mass is 462 g/mol. The summed E-state index contributed by atoms with van der Waals surface area (Å²) in [6, 6.07) is 20.8. The number of fused-ring (bicyclic) bond motifs is 1. The molecule has 33 heavy (non-hydrogen) atoms. The second-order valence-electron chi connectivity index (χ2n) is 8.98. The van der Waals surface area contributed by atoms with Gasteiger partial charge in [0.1, 0.15) is 11.9 Å². The quantitative estimate of drug-likeness (QED) is 0.584. The molecule has 172 valence electrons. The Balaban J connectivity index is 1.28. The maximum atomic E-state index is 13.1. The van der Waals surface area contributed by atoms with Gasteiger partial charge in [0.15, 0.2) is 0 Å². The predicted octanol–water partition coefficient (Wildman–Crippen LogP) is 4.55. The van der Waals surface area contributed by atoms with E-state index in [0.29, 0.717) is 26.2 Å². The van der Waals surface area contributed by atoms with E-state index in [4.69, 9.17) is 9.47 Å². The van der Waals surface area contributed by atoms with Crippen LogP contribution in [0.3, 0.4) is 0 Å².